The minimum absolute atomic E-state index is 0.126. The number of nitrogens with zero attached hydrogens (tertiary/aromatic N) is 3. The lowest BCUT2D eigenvalue weighted by molar-refractivity contribution is -0.309. The van der Waals surface area contributed by atoms with Crippen molar-refractivity contribution in [1.82, 2.24) is 5.16 Å². The Bertz CT molecular complexity index is 1290. The number of rotatable bonds is 5. The Morgan fingerprint density at radius 3 is 2.57 bits per heavy atom. The van der Waals surface area contributed by atoms with E-state index in [1.165, 1.54) is 18.4 Å². The average Bonchev–Trinajstić information content (AvgIpc) is 3.31. The first-order valence-electron chi connectivity index (χ1n) is 8.57. The van der Waals surface area contributed by atoms with Crippen LogP contribution in [0.2, 0.25) is 5.02 Å². The largest absolute Gasteiger partial charge is 0.477 e. The Labute approximate surface area is 182 Å². The van der Waals surface area contributed by atoms with Gasteiger partial charge in [0.2, 0.25) is 0 Å². The van der Waals surface area contributed by atoms with Crippen LogP contribution in [0.1, 0.15) is 32.1 Å². The van der Waals surface area contributed by atoms with Crippen LogP contribution in [0.25, 0.3) is 5.53 Å². The van der Waals surface area contributed by atoms with Crippen LogP contribution in [-0.2, 0) is 10.0 Å². The molecule has 0 saturated carbocycles. The number of halogens is 1. The summed E-state index contributed by atoms with van der Waals surface area (Å²) < 4.78 is 30.5. The molecule has 9 nitrogen and oxygen atoms in total. The zero-order chi connectivity index (χ0) is 22.4. The van der Waals surface area contributed by atoms with Crippen LogP contribution in [0, 0.1) is 27.7 Å². The molecule has 3 rings (SSSR count). The van der Waals surface area contributed by atoms with E-state index in [1.54, 1.807) is 6.92 Å². The van der Waals surface area contributed by atoms with Gasteiger partial charge in [-0.3, -0.25) is 9.32 Å². The van der Waals surface area contributed by atoms with Crippen LogP contribution in [0.5, 0.6) is 0 Å². The highest BCUT2D eigenvalue weighted by atomic mass is 35.5. The summed E-state index contributed by atoms with van der Waals surface area (Å²) in [7, 11) is -4.57. The summed E-state index contributed by atoms with van der Waals surface area (Å²) in [6.45, 7) is 6.92. The van der Waals surface area contributed by atoms with Gasteiger partial charge in [-0.05, 0) is 55.8 Å². The summed E-state index contributed by atoms with van der Waals surface area (Å²) in [6, 6.07) is 3.03. The maximum atomic E-state index is 12.9. The Hall–Kier alpha value is -2.76. The van der Waals surface area contributed by atoms with Gasteiger partial charge in [-0.15, -0.1) is 15.4 Å². The predicted octanol–water partition coefficient (Wildman–Crippen LogP) is 4.51. The topological polar surface area (TPSA) is 141 Å². The van der Waals surface area contributed by atoms with Gasteiger partial charge in [0.05, 0.1) is 0 Å². The number of carbonyl (C=O) groups is 1. The molecule has 0 radical (unpaired) electrons. The summed E-state index contributed by atoms with van der Waals surface area (Å²) in [5.41, 5.74) is 19.9. The molecule has 12 heteroatoms. The number of nitrogen functional groups attached to an aromatic ring is 1. The Morgan fingerprint density at radius 1 is 1.30 bits per heavy atom. The fourth-order valence-electron chi connectivity index (χ4n) is 2.90. The third kappa shape index (κ3) is 3.59. The molecule has 0 fully saturated rings. The minimum atomic E-state index is -4.57. The second-order valence-corrected chi connectivity index (χ2v) is 9.66. The number of hydrogen-bond acceptors (Lipinski definition) is 7. The number of amides is 1. The molecular weight excluding hydrogens is 450 g/mol. The molecule has 0 atom stereocenters. The number of thiophene rings is 1. The molecule has 1 amide bonds. The van der Waals surface area contributed by atoms with Crippen molar-refractivity contribution in [2.45, 2.75) is 32.6 Å². The quantitative estimate of drug-likeness (QED) is 0.321. The summed E-state index contributed by atoms with van der Waals surface area (Å²) >= 11 is 6.84. The summed E-state index contributed by atoms with van der Waals surface area (Å²) in [5, 5.41) is 7.50. The van der Waals surface area contributed by atoms with Gasteiger partial charge >= 0.3 is 15.9 Å². The molecule has 0 bridgehead atoms. The standard InChI is InChI=1S/C18H18ClN5O4S2/c1-8-7-9(2)15(10(3)14(8)20)22-17(25)16-12(5-6-29-16)30(26,27)24(21)18-13(19)11(4)23-28-18/h5-7H,20H2,1-4H3,(H,22,25). The summed E-state index contributed by atoms with van der Waals surface area (Å²) in [4.78, 5) is 12.4. The normalized spacial score (nSPS) is 11.5. The number of sulfonamides is 1. The molecule has 0 aliphatic rings. The minimum Gasteiger partial charge on any atom is -0.477 e. The number of anilines is 2. The molecule has 1 aromatic carbocycles. The number of aromatic nitrogens is 1. The zero-order valence-corrected chi connectivity index (χ0v) is 18.9. The first-order valence-corrected chi connectivity index (χ1v) is 11.3. The van der Waals surface area contributed by atoms with Crippen molar-refractivity contribution in [3.05, 3.63) is 55.3 Å². The van der Waals surface area contributed by atoms with E-state index in [-0.39, 0.29) is 19.7 Å². The number of aryl methyl sites for hydroxylation is 3. The van der Waals surface area contributed by atoms with Crippen LogP contribution in [0.3, 0.4) is 0 Å². The van der Waals surface area contributed by atoms with Crippen molar-refractivity contribution in [2.24, 2.45) is 0 Å². The third-order valence-electron chi connectivity index (χ3n) is 4.56. The molecule has 2 heterocycles. The predicted molar refractivity (Wildman–Crippen MR) is 114 cm³/mol. The van der Waals surface area contributed by atoms with E-state index in [4.69, 9.17) is 21.9 Å². The van der Waals surface area contributed by atoms with Crippen LogP contribution in [0.15, 0.2) is 26.9 Å². The van der Waals surface area contributed by atoms with E-state index >= 15 is 0 Å². The highest BCUT2D eigenvalue weighted by Gasteiger charge is 2.36. The van der Waals surface area contributed by atoms with Gasteiger partial charge in [-0.1, -0.05) is 22.8 Å². The molecule has 0 aliphatic carbocycles. The molecule has 0 saturated heterocycles. The molecule has 3 aromatic rings. The van der Waals surface area contributed by atoms with E-state index in [0.29, 0.717) is 16.9 Å². The van der Waals surface area contributed by atoms with Gasteiger partial charge in [0.15, 0.2) is 9.92 Å². The summed E-state index contributed by atoms with van der Waals surface area (Å²) in [6.07, 6.45) is 0. The zero-order valence-electron chi connectivity index (χ0n) is 16.5. The van der Waals surface area contributed by atoms with Crippen LogP contribution in [-0.4, -0.2) is 23.6 Å². The molecule has 0 spiro atoms. The number of benzene rings is 1. The highest BCUT2D eigenvalue weighted by molar-refractivity contribution is 7.85. The van der Waals surface area contributed by atoms with Crippen molar-refractivity contribution >= 4 is 56.1 Å². The number of carbonyl (C=O) groups excluding carboxylic acids is 1. The molecule has 30 heavy (non-hydrogen) atoms. The van der Waals surface area contributed by atoms with Crippen molar-refractivity contribution < 1.29 is 21.8 Å². The molecule has 2 aromatic heterocycles. The van der Waals surface area contributed by atoms with E-state index < -0.39 is 26.7 Å². The Morgan fingerprint density at radius 2 is 1.97 bits per heavy atom. The highest BCUT2D eigenvalue weighted by Crippen LogP contribution is 2.34. The Kier molecular flexibility index (Phi) is 5.72. The Balaban J connectivity index is 1.99. The number of nitrogens with two attached hydrogens (primary N) is 1. The molecular formula is C18H18ClN5O4S2. The SMILES string of the molecule is Cc1cc(C)c(NC(=O)c2sccc2S(=O)(=O)[N+](=[N-])c2onc(C)c2Cl)c(C)c1N. The van der Waals surface area contributed by atoms with Crippen molar-refractivity contribution in [3.63, 3.8) is 0 Å². The van der Waals surface area contributed by atoms with Gasteiger partial charge in [0.25, 0.3) is 5.91 Å². The second-order valence-electron chi connectivity index (χ2n) is 6.63. The van der Waals surface area contributed by atoms with E-state index in [2.05, 4.69) is 10.5 Å². The molecule has 158 valence electrons. The van der Waals surface area contributed by atoms with E-state index in [1.807, 2.05) is 19.9 Å². The fourth-order valence-corrected chi connectivity index (χ4v) is 5.42. The monoisotopic (exact) mass is 467 g/mol. The first kappa shape index (κ1) is 21.9. The smallest absolute Gasteiger partial charge is 0.421 e. The fraction of sp³-hybridized carbons (Fsp3) is 0.222. The van der Waals surface area contributed by atoms with Crippen LogP contribution < -0.4 is 11.1 Å². The maximum absolute atomic E-state index is 12.9. The van der Waals surface area contributed by atoms with E-state index in [9.17, 15) is 18.7 Å². The lowest BCUT2D eigenvalue weighted by atomic mass is 10.0. The van der Waals surface area contributed by atoms with Crippen molar-refractivity contribution in [2.75, 3.05) is 11.1 Å². The van der Waals surface area contributed by atoms with Gasteiger partial charge < -0.3 is 16.6 Å². The van der Waals surface area contributed by atoms with Crippen LogP contribution in [0.4, 0.5) is 17.3 Å². The van der Waals surface area contributed by atoms with Crippen molar-refractivity contribution in [3.8, 4) is 0 Å². The lowest BCUT2D eigenvalue weighted by Gasteiger charge is -2.15. The van der Waals surface area contributed by atoms with Gasteiger partial charge in [0.1, 0.15) is 10.6 Å². The first-order chi connectivity index (χ1) is 14.0. The third-order valence-corrected chi connectivity index (χ3v) is 7.55. The molecule has 0 unspecified atom stereocenters. The molecule has 3 N–H and O–H groups in total. The number of nitrogens with one attached hydrogen (secondary N) is 1. The van der Waals surface area contributed by atoms with E-state index in [0.717, 1.165) is 22.5 Å². The molecule has 0 aliphatic heterocycles. The van der Waals surface area contributed by atoms with Crippen LogP contribution >= 0.6 is 22.9 Å². The maximum Gasteiger partial charge on any atom is 0.421 e. The number of hydrogen-bond donors (Lipinski definition) is 2. The summed E-state index contributed by atoms with van der Waals surface area (Å²) in [5.74, 6) is -1.23. The van der Waals surface area contributed by atoms with Gasteiger partial charge in [-0.2, -0.15) is 8.42 Å². The van der Waals surface area contributed by atoms with Gasteiger partial charge in [0, 0.05) is 11.4 Å². The van der Waals surface area contributed by atoms with Crippen molar-refractivity contribution in [1.29, 1.82) is 0 Å². The second kappa shape index (κ2) is 7.82. The van der Waals surface area contributed by atoms with Gasteiger partial charge in [-0.25, -0.2) is 0 Å². The lowest BCUT2D eigenvalue weighted by Crippen LogP contribution is -2.19. The average molecular weight is 468 g/mol.